The first-order valence-corrected chi connectivity index (χ1v) is 8.31. The summed E-state index contributed by atoms with van der Waals surface area (Å²) in [5, 5.41) is 11.4. The topological polar surface area (TPSA) is 83.8 Å². The first kappa shape index (κ1) is 16.2. The molecule has 0 unspecified atom stereocenters. The first-order chi connectivity index (χ1) is 11.8. The van der Waals surface area contributed by atoms with Crippen molar-refractivity contribution in [1.29, 1.82) is 0 Å². The number of benzene rings is 2. The Morgan fingerprint density at radius 1 is 1.04 bits per heavy atom. The minimum Gasteiger partial charge on any atom is -0.352 e. The summed E-state index contributed by atoms with van der Waals surface area (Å²) >= 11 is 0. The largest absolute Gasteiger partial charge is 0.352 e. The highest BCUT2D eigenvalue weighted by molar-refractivity contribution is 5.96. The van der Waals surface area contributed by atoms with Gasteiger partial charge in [0, 0.05) is 23.1 Å². The Bertz CT molecular complexity index is 808. The molecule has 5 heteroatoms. The van der Waals surface area contributed by atoms with Gasteiger partial charge in [0.15, 0.2) is 0 Å². The summed E-state index contributed by atoms with van der Waals surface area (Å²) in [7, 11) is 0. The lowest BCUT2D eigenvalue weighted by molar-refractivity contribution is 0.0953. The molecule has 0 fully saturated rings. The molecule has 0 atom stereocenters. The number of unbranched alkanes of at least 4 members (excludes halogenated alkanes) is 2. The molecular formula is C19H22N4O. The van der Waals surface area contributed by atoms with Crippen LogP contribution >= 0.6 is 0 Å². The summed E-state index contributed by atoms with van der Waals surface area (Å²) in [4.78, 5) is 12.1. The lowest BCUT2D eigenvalue weighted by Gasteiger charge is -2.06. The maximum absolute atomic E-state index is 12.1. The van der Waals surface area contributed by atoms with Crippen LogP contribution in [0.5, 0.6) is 0 Å². The van der Waals surface area contributed by atoms with Gasteiger partial charge in [-0.3, -0.25) is 9.89 Å². The maximum atomic E-state index is 12.1. The van der Waals surface area contributed by atoms with Crippen LogP contribution in [0.1, 0.15) is 29.6 Å². The maximum Gasteiger partial charge on any atom is 0.251 e. The van der Waals surface area contributed by atoms with E-state index in [0.717, 1.165) is 41.4 Å². The lowest BCUT2D eigenvalue weighted by Crippen LogP contribution is -2.24. The highest BCUT2D eigenvalue weighted by Crippen LogP contribution is 2.26. The van der Waals surface area contributed by atoms with E-state index in [0.29, 0.717) is 18.7 Å². The average molecular weight is 322 g/mol. The SMILES string of the molecule is NCCCCCNC(=O)c1ccc(-c2n[nH]c3ccccc23)cc1. The fourth-order valence-corrected chi connectivity index (χ4v) is 2.71. The molecule has 1 heterocycles. The minimum absolute atomic E-state index is 0.0406. The third kappa shape index (κ3) is 3.63. The van der Waals surface area contributed by atoms with E-state index in [1.165, 1.54) is 0 Å². The van der Waals surface area contributed by atoms with Crippen molar-refractivity contribution in [2.24, 2.45) is 5.73 Å². The van der Waals surface area contributed by atoms with Crippen LogP contribution in [0.4, 0.5) is 0 Å². The van der Waals surface area contributed by atoms with Gasteiger partial charge in [-0.15, -0.1) is 0 Å². The highest BCUT2D eigenvalue weighted by atomic mass is 16.1. The van der Waals surface area contributed by atoms with Crippen LogP contribution in [0.2, 0.25) is 0 Å². The van der Waals surface area contributed by atoms with Crippen LogP contribution in [0.25, 0.3) is 22.2 Å². The third-order valence-electron chi connectivity index (χ3n) is 4.06. The normalized spacial score (nSPS) is 10.9. The van der Waals surface area contributed by atoms with Crippen molar-refractivity contribution in [3.8, 4) is 11.3 Å². The molecule has 24 heavy (non-hydrogen) atoms. The Morgan fingerprint density at radius 2 is 1.83 bits per heavy atom. The van der Waals surface area contributed by atoms with Gasteiger partial charge >= 0.3 is 0 Å². The monoisotopic (exact) mass is 322 g/mol. The van der Waals surface area contributed by atoms with Crippen molar-refractivity contribution in [2.75, 3.05) is 13.1 Å². The number of nitrogens with one attached hydrogen (secondary N) is 2. The number of nitrogens with two attached hydrogens (primary N) is 1. The molecule has 2 aromatic carbocycles. The zero-order valence-electron chi connectivity index (χ0n) is 13.6. The van der Waals surface area contributed by atoms with Crippen LogP contribution < -0.4 is 11.1 Å². The van der Waals surface area contributed by atoms with E-state index in [1.807, 2.05) is 48.5 Å². The number of para-hydroxylation sites is 1. The second kappa shape index (κ2) is 7.75. The summed E-state index contributed by atoms with van der Waals surface area (Å²) in [5.74, 6) is -0.0406. The van der Waals surface area contributed by atoms with E-state index in [1.54, 1.807) is 0 Å². The summed E-state index contributed by atoms with van der Waals surface area (Å²) in [6.45, 7) is 1.39. The van der Waals surface area contributed by atoms with Gasteiger partial charge in [-0.2, -0.15) is 5.10 Å². The number of aromatic nitrogens is 2. The van der Waals surface area contributed by atoms with E-state index >= 15 is 0 Å². The zero-order valence-corrected chi connectivity index (χ0v) is 13.6. The fraction of sp³-hybridized carbons (Fsp3) is 0.263. The Labute approximate surface area is 141 Å². The number of hydrogen-bond acceptors (Lipinski definition) is 3. The van der Waals surface area contributed by atoms with Gasteiger partial charge in [-0.1, -0.05) is 36.8 Å². The van der Waals surface area contributed by atoms with Crippen molar-refractivity contribution in [2.45, 2.75) is 19.3 Å². The molecule has 0 aliphatic rings. The molecule has 4 N–H and O–H groups in total. The molecule has 1 amide bonds. The van der Waals surface area contributed by atoms with Crippen LogP contribution in [0, 0.1) is 0 Å². The van der Waals surface area contributed by atoms with Gasteiger partial charge in [0.25, 0.3) is 5.91 Å². The Kier molecular flexibility index (Phi) is 5.23. The van der Waals surface area contributed by atoms with Crippen LogP contribution in [-0.4, -0.2) is 29.2 Å². The van der Waals surface area contributed by atoms with Crippen molar-refractivity contribution >= 4 is 16.8 Å². The number of aromatic amines is 1. The number of amides is 1. The predicted octanol–water partition coefficient (Wildman–Crippen LogP) is 3.09. The van der Waals surface area contributed by atoms with Crippen LogP contribution in [0.15, 0.2) is 48.5 Å². The van der Waals surface area contributed by atoms with Gasteiger partial charge in [0.05, 0.1) is 11.2 Å². The fourth-order valence-electron chi connectivity index (χ4n) is 2.71. The number of hydrogen-bond donors (Lipinski definition) is 3. The van der Waals surface area contributed by atoms with E-state index in [4.69, 9.17) is 5.73 Å². The molecule has 3 rings (SSSR count). The van der Waals surface area contributed by atoms with Crippen LogP contribution in [-0.2, 0) is 0 Å². The zero-order chi connectivity index (χ0) is 16.8. The van der Waals surface area contributed by atoms with Crippen molar-refractivity contribution in [1.82, 2.24) is 15.5 Å². The van der Waals surface area contributed by atoms with Crippen LogP contribution in [0.3, 0.4) is 0 Å². The summed E-state index contributed by atoms with van der Waals surface area (Å²) in [5.41, 5.74) is 9.02. The number of rotatable bonds is 7. The number of fused-ring (bicyclic) bond motifs is 1. The quantitative estimate of drug-likeness (QED) is 0.584. The van der Waals surface area contributed by atoms with Gasteiger partial charge in [-0.05, 0) is 37.6 Å². The Hall–Kier alpha value is -2.66. The molecule has 0 aliphatic heterocycles. The van der Waals surface area contributed by atoms with Gasteiger partial charge in [-0.25, -0.2) is 0 Å². The molecule has 0 saturated carbocycles. The second-order valence-electron chi connectivity index (χ2n) is 5.80. The lowest BCUT2D eigenvalue weighted by atomic mass is 10.1. The van der Waals surface area contributed by atoms with Gasteiger partial charge in [0.2, 0.25) is 0 Å². The summed E-state index contributed by atoms with van der Waals surface area (Å²) in [6, 6.07) is 15.6. The third-order valence-corrected chi connectivity index (χ3v) is 4.06. The molecule has 5 nitrogen and oxygen atoms in total. The minimum atomic E-state index is -0.0406. The highest BCUT2D eigenvalue weighted by Gasteiger charge is 2.09. The molecule has 0 saturated heterocycles. The number of H-pyrrole nitrogens is 1. The van der Waals surface area contributed by atoms with Gasteiger partial charge in [0.1, 0.15) is 0 Å². The molecular weight excluding hydrogens is 300 g/mol. The van der Waals surface area contributed by atoms with Crippen molar-refractivity contribution < 1.29 is 4.79 Å². The number of carbonyl (C=O) groups is 1. The van der Waals surface area contributed by atoms with E-state index in [9.17, 15) is 4.79 Å². The number of nitrogens with zero attached hydrogens (tertiary/aromatic N) is 1. The Balaban J connectivity index is 1.66. The van der Waals surface area contributed by atoms with E-state index in [2.05, 4.69) is 15.5 Å². The summed E-state index contributed by atoms with van der Waals surface area (Å²) < 4.78 is 0. The second-order valence-corrected chi connectivity index (χ2v) is 5.80. The molecule has 124 valence electrons. The predicted molar refractivity (Wildman–Crippen MR) is 96.8 cm³/mol. The molecule has 0 aliphatic carbocycles. The molecule has 1 aromatic heterocycles. The summed E-state index contributed by atoms with van der Waals surface area (Å²) in [6.07, 6.45) is 3.00. The van der Waals surface area contributed by atoms with E-state index in [-0.39, 0.29) is 5.91 Å². The molecule has 0 radical (unpaired) electrons. The van der Waals surface area contributed by atoms with Crippen molar-refractivity contribution in [3.63, 3.8) is 0 Å². The first-order valence-electron chi connectivity index (χ1n) is 8.31. The molecule has 0 spiro atoms. The van der Waals surface area contributed by atoms with E-state index < -0.39 is 0 Å². The average Bonchev–Trinajstić information content (AvgIpc) is 3.05. The van der Waals surface area contributed by atoms with Gasteiger partial charge < -0.3 is 11.1 Å². The molecule has 0 bridgehead atoms. The molecule has 3 aromatic rings. The Morgan fingerprint density at radius 3 is 2.62 bits per heavy atom. The van der Waals surface area contributed by atoms with Crippen molar-refractivity contribution in [3.05, 3.63) is 54.1 Å². The smallest absolute Gasteiger partial charge is 0.251 e. The standard InChI is InChI=1S/C19H22N4O/c20-12-4-1-5-13-21-19(24)15-10-8-14(9-11-15)18-16-6-2-3-7-17(16)22-23-18/h2-3,6-11H,1,4-5,12-13,20H2,(H,21,24)(H,22,23). The number of carbonyl (C=O) groups excluding carboxylic acids is 1.